The SMILES string of the molecule is CC1CC1CNC(=O)NCCC(CCC(=O)O)C(C)(C)C. The number of hydrogen-bond acceptors (Lipinski definition) is 2. The number of nitrogens with one attached hydrogen (secondary N) is 2. The van der Waals surface area contributed by atoms with Crippen LogP contribution in [0.15, 0.2) is 0 Å². The van der Waals surface area contributed by atoms with E-state index in [-0.39, 0.29) is 23.8 Å². The molecule has 3 N–H and O–H groups in total. The number of amides is 2. The summed E-state index contributed by atoms with van der Waals surface area (Å²) >= 11 is 0. The van der Waals surface area contributed by atoms with Crippen molar-refractivity contribution in [2.45, 2.75) is 53.4 Å². The molecule has 0 spiro atoms. The summed E-state index contributed by atoms with van der Waals surface area (Å²) in [5.41, 5.74) is 0.0526. The Morgan fingerprint density at radius 1 is 1.24 bits per heavy atom. The normalized spacial score (nSPS) is 22.5. The third kappa shape index (κ3) is 7.34. The molecule has 0 aliphatic heterocycles. The first kappa shape index (κ1) is 17.8. The Morgan fingerprint density at radius 2 is 1.86 bits per heavy atom. The molecule has 1 fully saturated rings. The molecule has 0 saturated heterocycles. The fourth-order valence-electron chi connectivity index (χ4n) is 2.64. The van der Waals surface area contributed by atoms with E-state index in [9.17, 15) is 9.59 Å². The predicted molar refractivity (Wildman–Crippen MR) is 83.1 cm³/mol. The zero-order valence-corrected chi connectivity index (χ0v) is 13.7. The summed E-state index contributed by atoms with van der Waals surface area (Å²) in [4.78, 5) is 22.4. The van der Waals surface area contributed by atoms with Gasteiger partial charge in [-0.1, -0.05) is 27.7 Å². The van der Waals surface area contributed by atoms with Crippen LogP contribution in [0.1, 0.15) is 53.4 Å². The number of hydrogen-bond donors (Lipinski definition) is 3. The van der Waals surface area contributed by atoms with Crippen molar-refractivity contribution in [1.29, 1.82) is 0 Å². The van der Waals surface area contributed by atoms with E-state index in [0.29, 0.717) is 18.9 Å². The van der Waals surface area contributed by atoms with Crippen molar-refractivity contribution in [3.63, 3.8) is 0 Å². The van der Waals surface area contributed by atoms with Crippen LogP contribution in [0.25, 0.3) is 0 Å². The van der Waals surface area contributed by atoms with Gasteiger partial charge >= 0.3 is 12.0 Å². The number of rotatable bonds is 8. The molecule has 0 aromatic rings. The van der Waals surface area contributed by atoms with Gasteiger partial charge in [-0.05, 0) is 42.4 Å². The highest BCUT2D eigenvalue weighted by molar-refractivity contribution is 5.73. The molecular formula is C16H30N2O3. The number of carbonyl (C=O) groups excluding carboxylic acids is 1. The molecule has 0 radical (unpaired) electrons. The van der Waals surface area contributed by atoms with Crippen molar-refractivity contribution < 1.29 is 14.7 Å². The summed E-state index contributed by atoms with van der Waals surface area (Å²) in [5.74, 6) is 0.922. The minimum Gasteiger partial charge on any atom is -0.481 e. The van der Waals surface area contributed by atoms with Crippen LogP contribution in [-0.2, 0) is 4.79 Å². The molecular weight excluding hydrogens is 268 g/mol. The molecule has 0 aromatic heterocycles. The van der Waals surface area contributed by atoms with E-state index in [0.717, 1.165) is 18.9 Å². The Balaban J connectivity index is 2.22. The van der Waals surface area contributed by atoms with Gasteiger partial charge in [0, 0.05) is 19.5 Å². The zero-order valence-electron chi connectivity index (χ0n) is 13.7. The zero-order chi connectivity index (χ0) is 16.0. The summed E-state index contributed by atoms with van der Waals surface area (Å²) < 4.78 is 0. The van der Waals surface area contributed by atoms with Gasteiger partial charge in [-0.25, -0.2) is 4.79 Å². The molecule has 0 bridgehead atoms. The smallest absolute Gasteiger partial charge is 0.314 e. The number of aliphatic carboxylic acids is 1. The fourth-order valence-corrected chi connectivity index (χ4v) is 2.64. The van der Waals surface area contributed by atoms with Crippen LogP contribution in [0, 0.1) is 23.2 Å². The maximum absolute atomic E-state index is 11.7. The average molecular weight is 298 g/mol. The van der Waals surface area contributed by atoms with Crippen LogP contribution in [0.2, 0.25) is 0 Å². The van der Waals surface area contributed by atoms with Gasteiger partial charge in [0.15, 0.2) is 0 Å². The van der Waals surface area contributed by atoms with E-state index >= 15 is 0 Å². The largest absolute Gasteiger partial charge is 0.481 e. The lowest BCUT2D eigenvalue weighted by molar-refractivity contribution is -0.137. The van der Waals surface area contributed by atoms with Gasteiger partial charge in [0.2, 0.25) is 0 Å². The van der Waals surface area contributed by atoms with E-state index in [1.807, 2.05) is 0 Å². The molecule has 5 heteroatoms. The van der Waals surface area contributed by atoms with Gasteiger partial charge in [0.1, 0.15) is 0 Å². The lowest BCUT2D eigenvalue weighted by Crippen LogP contribution is -2.38. The lowest BCUT2D eigenvalue weighted by atomic mass is 9.76. The second kappa shape index (κ2) is 7.66. The first-order valence-corrected chi connectivity index (χ1v) is 7.93. The fraction of sp³-hybridized carbons (Fsp3) is 0.875. The molecule has 2 amide bonds. The second-order valence-electron chi connectivity index (χ2n) is 7.39. The second-order valence-corrected chi connectivity index (χ2v) is 7.39. The number of carbonyl (C=O) groups is 2. The van der Waals surface area contributed by atoms with Crippen molar-refractivity contribution in [2.24, 2.45) is 23.2 Å². The van der Waals surface area contributed by atoms with Crippen LogP contribution < -0.4 is 10.6 Å². The van der Waals surface area contributed by atoms with E-state index in [1.165, 1.54) is 6.42 Å². The van der Waals surface area contributed by atoms with Crippen molar-refractivity contribution >= 4 is 12.0 Å². The standard InChI is InChI=1S/C16H30N2O3/c1-11-9-12(11)10-18-15(21)17-8-7-13(16(2,3)4)5-6-14(19)20/h11-13H,5-10H2,1-4H3,(H,19,20)(H2,17,18,21). The van der Waals surface area contributed by atoms with Crippen LogP contribution in [-0.4, -0.2) is 30.2 Å². The molecule has 0 heterocycles. The van der Waals surface area contributed by atoms with Crippen LogP contribution in [0.5, 0.6) is 0 Å². The Morgan fingerprint density at radius 3 is 2.33 bits per heavy atom. The quantitative estimate of drug-likeness (QED) is 0.644. The highest BCUT2D eigenvalue weighted by atomic mass is 16.4. The topological polar surface area (TPSA) is 78.4 Å². The number of carboxylic acid groups (broad SMARTS) is 1. The van der Waals surface area contributed by atoms with Gasteiger partial charge in [-0.2, -0.15) is 0 Å². The predicted octanol–water partition coefficient (Wildman–Crippen LogP) is 2.86. The van der Waals surface area contributed by atoms with Crippen LogP contribution in [0.4, 0.5) is 4.79 Å². The first-order valence-electron chi connectivity index (χ1n) is 7.93. The van der Waals surface area contributed by atoms with Crippen LogP contribution in [0.3, 0.4) is 0 Å². The van der Waals surface area contributed by atoms with Crippen molar-refractivity contribution in [3.8, 4) is 0 Å². The minimum atomic E-state index is -0.756. The van der Waals surface area contributed by atoms with Crippen LogP contribution >= 0.6 is 0 Å². The molecule has 3 unspecified atom stereocenters. The number of urea groups is 1. The Kier molecular flexibility index (Phi) is 6.49. The molecule has 1 rings (SSSR count). The van der Waals surface area contributed by atoms with Gasteiger partial charge in [-0.3, -0.25) is 4.79 Å². The van der Waals surface area contributed by atoms with E-state index in [2.05, 4.69) is 38.3 Å². The third-order valence-electron chi connectivity index (χ3n) is 4.51. The van der Waals surface area contributed by atoms with Crippen molar-refractivity contribution in [2.75, 3.05) is 13.1 Å². The maximum Gasteiger partial charge on any atom is 0.314 e. The molecule has 3 atom stereocenters. The molecule has 1 saturated carbocycles. The molecule has 5 nitrogen and oxygen atoms in total. The lowest BCUT2D eigenvalue weighted by Gasteiger charge is -2.30. The summed E-state index contributed by atoms with van der Waals surface area (Å²) in [6.07, 6.45) is 2.86. The molecule has 21 heavy (non-hydrogen) atoms. The summed E-state index contributed by atoms with van der Waals surface area (Å²) in [6, 6.07) is -0.111. The van der Waals surface area contributed by atoms with E-state index < -0.39 is 5.97 Å². The Labute approximate surface area is 127 Å². The molecule has 1 aliphatic rings. The summed E-state index contributed by atoms with van der Waals surface area (Å²) in [7, 11) is 0. The number of carboxylic acids is 1. The third-order valence-corrected chi connectivity index (χ3v) is 4.51. The molecule has 122 valence electrons. The van der Waals surface area contributed by atoms with Gasteiger partial charge in [-0.15, -0.1) is 0 Å². The summed E-state index contributed by atoms with van der Waals surface area (Å²) in [5, 5.41) is 14.6. The Bertz CT molecular complexity index is 363. The van der Waals surface area contributed by atoms with Gasteiger partial charge in [0.25, 0.3) is 0 Å². The maximum atomic E-state index is 11.7. The van der Waals surface area contributed by atoms with Gasteiger partial charge < -0.3 is 15.7 Å². The monoisotopic (exact) mass is 298 g/mol. The molecule has 0 aromatic carbocycles. The Hall–Kier alpha value is -1.26. The minimum absolute atomic E-state index is 0.0526. The van der Waals surface area contributed by atoms with E-state index in [1.54, 1.807) is 0 Å². The molecule has 1 aliphatic carbocycles. The average Bonchev–Trinajstić information content (AvgIpc) is 3.05. The van der Waals surface area contributed by atoms with Crippen molar-refractivity contribution in [3.05, 3.63) is 0 Å². The summed E-state index contributed by atoms with van der Waals surface area (Å²) in [6.45, 7) is 9.90. The first-order chi connectivity index (χ1) is 9.70. The highest BCUT2D eigenvalue weighted by Crippen LogP contribution is 2.36. The van der Waals surface area contributed by atoms with Gasteiger partial charge in [0.05, 0.1) is 0 Å². The van der Waals surface area contributed by atoms with Crippen molar-refractivity contribution in [1.82, 2.24) is 10.6 Å². The highest BCUT2D eigenvalue weighted by Gasteiger charge is 2.32. The van der Waals surface area contributed by atoms with E-state index in [4.69, 9.17) is 5.11 Å².